The first kappa shape index (κ1) is 16.4. The van der Waals surface area contributed by atoms with Gasteiger partial charge in [-0.25, -0.2) is 4.68 Å². The van der Waals surface area contributed by atoms with Gasteiger partial charge in [0.2, 0.25) is 5.91 Å². The van der Waals surface area contributed by atoms with Crippen molar-refractivity contribution in [1.82, 2.24) is 15.1 Å². The van der Waals surface area contributed by atoms with E-state index in [1.54, 1.807) is 35.0 Å². The average Bonchev–Trinajstić information content (AvgIpc) is 3.02. The van der Waals surface area contributed by atoms with Crippen LogP contribution in [-0.4, -0.2) is 21.6 Å². The number of primary amides is 1. The standard InChI is InChI=1S/C19H18N4O2/c1-13-12-16(22-23(13)15-10-6-3-7-11-15)19(25)21-17(18(20)24)14-8-4-2-5-9-14/h2-12,17H,1H3,(H2,20,24)(H,21,25)/t17-/m1/s1. The number of carbonyl (C=O) groups excluding carboxylic acids is 2. The Morgan fingerprint density at radius 3 is 2.24 bits per heavy atom. The molecule has 2 aromatic carbocycles. The monoisotopic (exact) mass is 334 g/mol. The molecule has 0 radical (unpaired) electrons. The molecule has 6 heteroatoms. The molecule has 0 fully saturated rings. The number of aromatic nitrogens is 2. The van der Waals surface area contributed by atoms with Crippen molar-refractivity contribution in [3.63, 3.8) is 0 Å². The van der Waals surface area contributed by atoms with Crippen LogP contribution in [-0.2, 0) is 4.79 Å². The molecule has 6 nitrogen and oxygen atoms in total. The molecule has 0 aliphatic heterocycles. The van der Waals surface area contributed by atoms with E-state index in [0.717, 1.165) is 11.4 Å². The minimum atomic E-state index is -0.907. The SMILES string of the molecule is Cc1cc(C(=O)N[C@@H](C(N)=O)c2ccccc2)nn1-c1ccccc1. The Morgan fingerprint density at radius 1 is 1.04 bits per heavy atom. The molecule has 0 saturated carbocycles. The first-order valence-electron chi connectivity index (χ1n) is 7.83. The van der Waals surface area contributed by atoms with Gasteiger partial charge in [0.15, 0.2) is 5.69 Å². The molecular formula is C19H18N4O2. The van der Waals surface area contributed by atoms with Crippen LogP contribution in [0.25, 0.3) is 5.69 Å². The highest BCUT2D eigenvalue weighted by Gasteiger charge is 2.22. The summed E-state index contributed by atoms with van der Waals surface area (Å²) in [5.74, 6) is -1.08. The summed E-state index contributed by atoms with van der Waals surface area (Å²) in [6.45, 7) is 1.86. The van der Waals surface area contributed by atoms with Crippen molar-refractivity contribution in [3.05, 3.63) is 83.7 Å². The van der Waals surface area contributed by atoms with Gasteiger partial charge in [-0.1, -0.05) is 48.5 Å². The minimum absolute atomic E-state index is 0.225. The zero-order valence-corrected chi connectivity index (χ0v) is 13.7. The molecular weight excluding hydrogens is 316 g/mol. The third kappa shape index (κ3) is 3.58. The van der Waals surface area contributed by atoms with Crippen molar-refractivity contribution in [2.45, 2.75) is 13.0 Å². The third-order valence-electron chi connectivity index (χ3n) is 3.81. The van der Waals surface area contributed by atoms with E-state index < -0.39 is 17.9 Å². The summed E-state index contributed by atoms with van der Waals surface area (Å²) in [7, 11) is 0. The summed E-state index contributed by atoms with van der Waals surface area (Å²) >= 11 is 0. The first-order valence-corrected chi connectivity index (χ1v) is 7.83. The quantitative estimate of drug-likeness (QED) is 0.749. The van der Waals surface area contributed by atoms with Gasteiger partial charge in [-0.2, -0.15) is 5.10 Å². The molecule has 0 aliphatic carbocycles. The van der Waals surface area contributed by atoms with Crippen LogP contribution in [0.3, 0.4) is 0 Å². The fourth-order valence-corrected chi connectivity index (χ4v) is 2.59. The van der Waals surface area contributed by atoms with E-state index in [4.69, 9.17) is 5.73 Å². The largest absolute Gasteiger partial charge is 0.368 e. The Labute approximate surface area is 145 Å². The number of para-hydroxylation sites is 1. The lowest BCUT2D eigenvalue weighted by molar-refractivity contribution is -0.120. The molecule has 25 heavy (non-hydrogen) atoms. The second kappa shape index (κ2) is 7.00. The molecule has 0 spiro atoms. The van der Waals surface area contributed by atoms with Gasteiger partial charge in [0.25, 0.3) is 5.91 Å². The van der Waals surface area contributed by atoms with Crippen LogP contribution in [0.15, 0.2) is 66.7 Å². The topological polar surface area (TPSA) is 90.0 Å². The number of hydrogen-bond donors (Lipinski definition) is 2. The molecule has 1 aromatic heterocycles. The van der Waals surface area contributed by atoms with Crippen molar-refractivity contribution in [2.24, 2.45) is 5.73 Å². The molecule has 0 bridgehead atoms. The molecule has 3 rings (SSSR count). The van der Waals surface area contributed by atoms with E-state index in [2.05, 4.69) is 10.4 Å². The van der Waals surface area contributed by atoms with Gasteiger partial charge in [-0.05, 0) is 30.7 Å². The smallest absolute Gasteiger partial charge is 0.272 e. The summed E-state index contributed by atoms with van der Waals surface area (Å²) in [6.07, 6.45) is 0. The summed E-state index contributed by atoms with van der Waals surface area (Å²) < 4.78 is 1.68. The summed E-state index contributed by atoms with van der Waals surface area (Å²) in [5, 5.41) is 6.99. The maximum Gasteiger partial charge on any atom is 0.272 e. The van der Waals surface area contributed by atoms with Gasteiger partial charge in [0.05, 0.1) is 5.69 Å². The zero-order valence-electron chi connectivity index (χ0n) is 13.7. The lowest BCUT2D eigenvalue weighted by Crippen LogP contribution is -2.37. The Kier molecular flexibility index (Phi) is 4.61. The Balaban J connectivity index is 1.85. The molecule has 0 unspecified atom stereocenters. The normalized spacial score (nSPS) is 11.7. The van der Waals surface area contributed by atoms with Crippen molar-refractivity contribution < 1.29 is 9.59 Å². The van der Waals surface area contributed by atoms with E-state index in [1.165, 1.54) is 0 Å². The number of rotatable bonds is 5. The molecule has 1 heterocycles. The number of carbonyl (C=O) groups is 2. The number of hydrogen-bond acceptors (Lipinski definition) is 3. The number of nitrogens with one attached hydrogen (secondary N) is 1. The van der Waals surface area contributed by atoms with Crippen molar-refractivity contribution in [1.29, 1.82) is 0 Å². The predicted octanol–water partition coefficient (Wildman–Crippen LogP) is 2.14. The van der Waals surface area contributed by atoms with E-state index in [-0.39, 0.29) is 5.69 Å². The van der Waals surface area contributed by atoms with E-state index in [1.807, 2.05) is 43.3 Å². The van der Waals surface area contributed by atoms with E-state index >= 15 is 0 Å². The van der Waals surface area contributed by atoms with Crippen molar-refractivity contribution >= 4 is 11.8 Å². The fourth-order valence-electron chi connectivity index (χ4n) is 2.59. The lowest BCUT2D eigenvalue weighted by atomic mass is 10.1. The Bertz CT molecular complexity index is 888. The van der Waals surface area contributed by atoms with Crippen LogP contribution < -0.4 is 11.1 Å². The number of aryl methyl sites for hydroxylation is 1. The third-order valence-corrected chi connectivity index (χ3v) is 3.81. The van der Waals surface area contributed by atoms with Crippen molar-refractivity contribution in [2.75, 3.05) is 0 Å². The number of nitrogens with zero attached hydrogens (tertiary/aromatic N) is 2. The summed E-state index contributed by atoms with van der Waals surface area (Å²) in [4.78, 5) is 24.3. The highest BCUT2D eigenvalue weighted by atomic mass is 16.2. The second-order valence-electron chi connectivity index (χ2n) is 5.64. The number of amides is 2. The van der Waals surface area contributed by atoms with Gasteiger partial charge in [-0.15, -0.1) is 0 Å². The molecule has 1 atom stereocenters. The van der Waals surface area contributed by atoms with E-state index in [9.17, 15) is 9.59 Å². The van der Waals surface area contributed by atoms with Gasteiger partial charge in [0.1, 0.15) is 6.04 Å². The van der Waals surface area contributed by atoms with Crippen LogP contribution in [0.5, 0.6) is 0 Å². The van der Waals surface area contributed by atoms with E-state index in [0.29, 0.717) is 5.56 Å². The summed E-state index contributed by atoms with van der Waals surface area (Å²) in [6, 6.07) is 19.1. The van der Waals surface area contributed by atoms with Crippen molar-refractivity contribution in [3.8, 4) is 5.69 Å². The van der Waals surface area contributed by atoms with Crippen LogP contribution in [0, 0.1) is 6.92 Å². The first-order chi connectivity index (χ1) is 12.1. The fraction of sp³-hybridized carbons (Fsp3) is 0.105. The average molecular weight is 334 g/mol. The lowest BCUT2D eigenvalue weighted by Gasteiger charge is -2.14. The molecule has 0 aliphatic rings. The van der Waals surface area contributed by atoms with Gasteiger partial charge in [0, 0.05) is 5.69 Å². The predicted molar refractivity (Wildman–Crippen MR) is 94.1 cm³/mol. The van der Waals surface area contributed by atoms with Crippen LogP contribution in [0.2, 0.25) is 0 Å². The Morgan fingerprint density at radius 2 is 1.64 bits per heavy atom. The maximum atomic E-state index is 12.5. The zero-order chi connectivity index (χ0) is 17.8. The van der Waals surface area contributed by atoms with Crippen LogP contribution in [0.1, 0.15) is 27.8 Å². The van der Waals surface area contributed by atoms with Gasteiger partial charge in [-0.3, -0.25) is 9.59 Å². The molecule has 3 N–H and O–H groups in total. The number of benzene rings is 2. The highest BCUT2D eigenvalue weighted by molar-refractivity contribution is 5.96. The summed E-state index contributed by atoms with van der Waals surface area (Å²) in [5.41, 5.74) is 7.96. The van der Waals surface area contributed by atoms with Crippen LogP contribution >= 0.6 is 0 Å². The molecule has 126 valence electrons. The molecule has 2 amide bonds. The maximum absolute atomic E-state index is 12.5. The minimum Gasteiger partial charge on any atom is -0.368 e. The Hall–Kier alpha value is -3.41. The van der Waals surface area contributed by atoms with Crippen LogP contribution in [0.4, 0.5) is 0 Å². The van der Waals surface area contributed by atoms with Gasteiger partial charge < -0.3 is 11.1 Å². The van der Waals surface area contributed by atoms with Gasteiger partial charge >= 0.3 is 0 Å². The number of nitrogens with two attached hydrogens (primary N) is 1. The highest BCUT2D eigenvalue weighted by Crippen LogP contribution is 2.15. The second-order valence-corrected chi connectivity index (χ2v) is 5.64. The molecule has 3 aromatic rings. The molecule has 0 saturated heterocycles.